The summed E-state index contributed by atoms with van der Waals surface area (Å²) >= 11 is 8.23. The van der Waals surface area contributed by atoms with Crippen LogP contribution in [0.5, 0.6) is 0 Å². The average molecular weight is 299 g/mol. The molecule has 1 aliphatic rings. The van der Waals surface area contributed by atoms with Crippen LogP contribution < -0.4 is 10.6 Å². The van der Waals surface area contributed by atoms with Crippen molar-refractivity contribution in [2.24, 2.45) is 5.73 Å². The Hall–Kier alpha value is -0.380. The third kappa shape index (κ3) is 4.04. The minimum atomic E-state index is 0.376. The van der Waals surface area contributed by atoms with Gasteiger partial charge in [0.25, 0.3) is 0 Å². The Bertz CT molecular complexity index is 434. The molecule has 4 heteroatoms. The largest absolute Gasteiger partial charge is 0.370 e. The summed E-state index contributed by atoms with van der Waals surface area (Å²) in [6.45, 7) is 7.53. The topological polar surface area (TPSA) is 29.3 Å². The second-order valence-electron chi connectivity index (χ2n) is 5.66. The fourth-order valence-electron chi connectivity index (χ4n) is 2.46. The first-order valence-corrected chi connectivity index (χ1v) is 8.25. The van der Waals surface area contributed by atoms with Crippen molar-refractivity contribution in [3.63, 3.8) is 0 Å². The van der Waals surface area contributed by atoms with Gasteiger partial charge in [-0.1, -0.05) is 31.5 Å². The Morgan fingerprint density at radius 3 is 2.89 bits per heavy atom. The molecule has 0 spiro atoms. The number of rotatable bonds is 3. The average Bonchev–Trinajstić information content (AvgIpc) is 2.53. The standard InChI is InChI=1S/C15H23ClN2S/c1-15(2)6-8-18(9-10-19-15)14-11-13(16)4-3-12(14)5-7-17/h3-4,11H,5-10,17H2,1-2H3. The number of thioether (sulfide) groups is 1. The van der Waals surface area contributed by atoms with E-state index in [1.54, 1.807) is 0 Å². The van der Waals surface area contributed by atoms with Gasteiger partial charge in [0.1, 0.15) is 0 Å². The number of anilines is 1. The second-order valence-corrected chi connectivity index (χ2v) is 7.90. The zero-order valence-electron chi connectivity index (χ0n) is 11.8. The lowest BCUT2D eigenvalue weighted by atomic mass is 10.1. The number of benzene rings is 1. The van der Waals surface area contributed by atoms with Crippen LogP contribution in [0.4, 0.5) is 5.69 Å². The van der Waals surface area contributed by atoms with Crippen molar-refractivity contribution < 1.29 is 0 Å². The van der Waals surface area contributed by atoms with Crippen molar-refractivity contribution in [1.29, 1.82) is 0 Å². The molecule has 1 aromatic rings. The number of halogens is 1. The molecule has 0 saturated carbocycles. The van der Waals surface area contributed by atoms with Crippen LogP contribution in [0.2, 0.25) is 5.02 Å². The molecular formula is C15H23ClN2S. The van der Waals surface area contributed by atoms with Crippen molar-refractivity contribution in [2.75, 3.05) is 30.3 Å². The molecule has 2 rings (SSSR count). The maximum atomic E-state index is 6.17. The minimum Gasteiger partial charge on any atom is -0.370 e. The van der Waals surface area contributed by atoms with E-state index in [-0.39, 0.29) is 0 Å². The summed E-state index contributed by atoms with van der Waals surface area (Å²) in [5, 5.41) is 0.812. The van der Waals surface area contributed by atoms with Crippen LogP contribution in [-0.4, -0.2) is 30.1 Å². The third-order valence-electron chi connectivity index (χ3n) is 3.64. The van der Waals surface area contributed by atoms with E-state index in [1.165, 1.54) is 23.4 Å². The molecule has 2 nitrogen and oxygen atoms in total. The van der Waals surface area contributed by atoms with Gasteiger partial charge in [0.05, 0.1) is 0 Å². The van der Waals surface area contributed by atoms with Crippen LogP contribution in [0.15, 0.2) is 18.2 Å². The summed E-state index contributed by atoms with van der Waals surface area (Å²) in [4.78, 5) is 2.47. The maximum absolute atomic E-state index is 6.17. The lowest BCUT2D eigenvalue weighted by Gasteiger charge is -2.26. The number of nitrogens with two attached hydrogens (primary N) is 1. The van der Waals surface area contributed by atoms with Gasteiger partial charge in [-0.3, -0.25) is 0 Å². The van der Waals surface area contributed by atoms with Gasteiger partial charge in [-0.2, -0.15) is 11.8 Å². The minimum absolute atomic E-state index is 0.376. The highest BCUT2D eigenvalue weighted by Gasteiger charge is 2.24. The summed E-state index contributed by atoms with van der Waals surface area (Å²) < 4.78 is 0.376. The van der Waals surface area contributed by atoms with Crippen LogP contribution in [0.3, 0.4) is 0 Å². The summed E-state index contributed by atoms with van der Waals surface area (Å²) in [7, 11) is 0. The molecule has 0 radical (unpaired) electrons. The van der Waals surface area contributed by atoms with E-state index < -0.39 is 0 Å². The van der Waals surface area contributed by atoms with Crippen molar-refractivity contribution in [2.45, 2.75) is 31.4 Å². The molecule has 0 atom stereocenters. The SMILES string of the molecule is CC1(C)CCN(c2cc(Cl)ccc2CCN)CCS1. The molecule has 19 heavy (non-hydrogen) atoms. The first kappa shape index (κ1) is 15.0. The fourth-order valence-corrected chi connectivity index (χ4v) is 3.73. The van der Waals surface area contributed by atoms with E-state index >= 15 is 0 Å². The lowest BCUT2D eigenvalue weighted by molar-refractivity contribution is 0.636. The molecule has 1 heterocycles. The van der Waals surface area contributed by atoms with Gasteiger partial charge in [-0.25, -0.2) is 0 Å². The van der Waals surface area contributed by atoms with Crippen molar-refractivity contribution in [1.82, 2.24) is 0 Å². The quantitative estimate of drug-likeness (QED) is 0.925. The van der Waals surface area contributed by atoms with Gasteiger partial charge in [0, 0.05) is 34.3 Å². The normalized spacial score (nSPS) is 19.3. The predicted molar refractivity (Wildman–Crippen MR) is 87.6 cm³/mol. The van der Waals surface area contributed by atoms with E-state index in [2.05, 4.69) is 42.6 Å². The van der Waals surface area contributed by atoms with Crippen molar-refractivity contribution >= 4 is 29.1 Å². The Balaban J connectivity index is 2.22. The van der Waals surface area contributed by atoms with E-state index in [9.17, 15) is 0 Å². The summed E-state index contributed by atoms with van der Waals surface area (Å²) in [5.41, 5.74) is 8.31. The Morgan fingerprint density at radius 2 is 2.16 bits per heavy atom. The van der Waals surface area contributed by atoms with Crippen LogP contribution in [-0.2, 0) is 6.42 Å². The first-order chi connectivity index (χ1) is 9.02. The van der Waals surface area contributed by atoms with Gasteiger partial charge < -0.3 is 10.6 Å². The zero-order valence-corrected chi connectivity index (χ0v) is 13.4. The monoisotopic (exact) mass is 298 g/mol. The second kappa shape index (κ2) is 6.38. The Labute approximate surface area is 125 Å². The molecule has 2 N–H and O–H groups in total. The van der Waals surface area contributed by atoms with Crippen molar-refractivity contribution in [3.8, 4) is 0 Å². The molecule has 0 bridgehead atoms. The molecule has 0 amide bonds. The van der Waals surface area contributed by atoms with E-state index in [4.69, 9.17) is 17.3 Å². The van der Waals surface area contributed by atoms with Gasteiger partial charge in [0.2, 0.25) is 0 Å². The van der Waals surface area contributed by atoms with Crippen LogP contribution in [0.25, 0.3) is 0 Å². The highest BCUT2D eigenvalue weighted by atomic mass is 35.5. The Morgan fingerprint density at radius 1 is 1.37 bits per heavy atom. The van der Waals surface area contributed by atoms with Gasteiger partial charge in [-0.05, 0) is 37.1 Å². The fraction of sp³-hybridized carbons (Fsp3) is 0.600. The van der Waals surface area contributed by atoms with Crippen molar-refractivity contribution in [3.05, 3.63) is 28.8 Å². The molecule has 1 aliphatic heterocycles. The van der Waals surface area contributed by atoms with E-state index in [0.29, 0.717) is 11.3 Å². The Kier molecular flexibility index (Phi) is 5.04. The smallest absolute Gasteiger partial charge is 0.0426 e. The lowest BCUT2D eigenvalue weighted by Crippen LogP contribution is -2.28. The van der Waals surface area contributed by atoms with Gasteiger partial charge in [0.15, 0.2) is 0 Å². The van der Waals surface area contributed by atoms with Gasteiger partial charge in [-0.15, -0.1) is 0 Å². The van der Waals surface area contributed by atoms with Gasteiger partial charge >= 0.3 is 0 Å². The number of hydrogen-bond acceptors (Lipinski definition) is 3. The molecule has 1 saturated heterocycles. The van der Waals surface area contributed by atoms with E-state index in [0.717, 1.165) is 24.5 Å². The zero-order chi connectivity index (χ0) is 13.9. The highest BCUT2D eigenvalue weighted by molar-refractivity contribution is 8.00. The summed E-state index contributed by atoms with van der Waals surface area (Å²) in [5.74, 6) is 1.17. The first-order valence-electron chi connectivity index (χ1n) is 6.89. The summed E-state index contributed by atoms with van der Waals surface area (Å²) in [6, 6.07) is 6.18. The molecule has 106 valence electrons. The molecule has 0 aromatic heterocycles. The van der Waals surface area contributed by atoms with Crippen LogP contribution >= 0.6 is 23.4 Å². The molecule has 1 aromatic carbocycles. The maximum Gasteiger partial charge on any atom is 0.0426 e. The highest BCUT2D eigenvalue weighted by Crippen LogP contribution is 2.34. The van der Waals surface area contributed by atoms with E-state index in [1.807, 2.05) is 6.07 Å². The predicted octanol–water partition coefficient (Wildman–Crippen LogP) is 3.56. The molecule has 0 aliphatic carbocycles. The molecule has 0 unspecified atom stereocenters. The van der Waals surface area contributed by atoms with Crippen LogP contribution in [0, 0.1) is 0 Å². The summed E-state index contributed by atoms with van der Waals surface area (Å²) in [6.07, 6.45) is 2.12. The molecule has 1 fully saturated rings. The number of hydrogen-bond donors (Lipinski definition) is 1. The number of nitrogens with zero attached hydrogens (tertiary/aromatic N) is 1. The molecular weight excluding hydrogens is 276 g/mol. The van der Waals surface area contributed by atoms with Crippen LogP contribution in [0.1, 0.15) is 25.8 Å². The third-order valence-corrected chi connectivity index (χ3v) is 5.25.